The number of benzene rings is 2. The van der Waals surface area contributed by atoms with Gasteiger partial charge >= 0.3 is 0 Å². The highest BCUT2D eigenvalue weighted by molar-refractivity contribution is 6.07. The van der Waals surface area contributed by atoms with Crippen molar-refractivity contribution in [1.82, 2.24) is 0 Å². The molecule has 0 heterocycles. The Morgan fingerprint density at radius 2 is 1.64 bits per heavy atom. The molecule has 0 N–H and O–H groups in total. The van der Waals surface area contributed by atoms with Gasteiger partial charge in [0.05, 0.1) is 20.3 Å². The van der Waals surface area contributed by atoms with E-state index in [9.17, 15) is 4.79 Å². The first kappa shape index (κ1) is 20.1. The van der Waals surface area contributed by atoms with Gasteiger partial charge in [-0.15, -0.1) is 0 Å². The molecule has 0 aliphatic heterocycles. The van der Waals surface area contributed by atoms with Crippen LogP contribution in [-0.2, 0) is 0 Å². The summed E-state index contributed by atoms with van der Waals surface area (Å²) < 4.78 is 16.5. The van der Waals surface area contributed by atoms with E-state index in [1.54, 1.807) is 32.4 Å². The summed E-state index contributed by atoms with van der Waals surface area (Å²) in [5, 5.41) is 0. The zero-order chi connectivity index (χ0) is 20.3. The molecule has 0 radical (unpaired) electrons. The maximum absolute atomic E-state index is 13.5. The average Bonchev–Trinajstić information content (AvgIpc) is 3.53. The summed E-state index contributed by atoms with van der Waals surface area (Å²) in [5.41, 5.74) is 1.45. The summed E-state index contributed by atoms with van der Waals surface area (Å²) in [6.45, 7) is 6.04. The van der Waals surface area contributed by atoms with Crippen molar-refractivity contribution in [1.29, 1.82) is 0 Å². The van der Waals surface area contributed by atoms with Crippen molar-refractivity contribution >= 4 is 11.6 Å². The van der Waals surface area contributed by atoms with Crippen LogP contribution in [0.5, 0.6) is 17.2 Å². The predicted molar refractivity (Wildman–Crippen MR) is 111 cm³/mol. The van der Waals surface area contributed by atoms with Gasteiger partial charge in [-0.3, -0.25) is 4.79 Å². The fourth-order valence-corrected chi connectivity index (χ4v) is 3.36. The number of carbonyl (C=O) groups is 1. The second-order valence-electron chi connectivity index (χ2n) is 7.48. The molecule has 0 saturated heterocycles. The number of hydrogen-bond acceptors (Lipinski definition) is 4. The van der Waals surface area contributed by atoms with Crippen molar-refractivity contribution in [2.24, 2.45) is 5.92 Å². The first-order chi connectivity index (χ1) is 13.4. The Hall–Kier alpha value is -2.69. The van der Waals surface area contributed by atoms with Crippen LogP contribution in [0, 0.1) is 5.92 Å². The van der Waals surface area contributed by atoms with Crippen LogP contribution in [0.25, 0.3) is 0 Å². The van der Waals surface area contributed by atoms with E-state index in [1.165, 1.54) is 0 Å². The molecule has 1 unspecified atom stereocenters. The molecule has 1 amide bonds. The molecule has 3 rings (SSSR count). The number of nitrogens with zero attached hydrogens (tertiary/aromatic N) is 1. The highest BCUT2D eigenvalue weighted by atomic mass is 16.5. The first-order valence-corrected chi connectivity index (χ1v) is 9.77. The molecule has 0 aromatic heterocycles. The van der Waals surface area contributed by atoms with Crippen LogP contribution in [0.1, 0.15) is 44.0 Å². The molecule has 150 valence electrons. The van der Waals surface area contributed by atoms with E-state index < -0.39 is 0 Å². The van der Waals surface area contributed by atoms with Gasteiger partial charge in [0.15, 0.2) is 11.5 Å². The van der Waals surface area contributed by atoms with Crippen molar-refractivity contribution in [2.75, 3.05) is 19.1 Å². The maximum atomic E-state index is 13.5. The van der Waals surface area contributed by atoms with Crippen LogP contribution < -0.4 is 19.1 Å². The van der Waals surface area contributed by atoms with Crippen molar-refractivity contribution in [3.63, 3.8) is 0 Å². The van der Waals surface area contributed by atoms with E-state index in [0.717, 1.165) is 24.3 Å². The molecule has 2 aromatic carbocycles. The third-order valence-electron chi connectivity index (χ3n) is 5.05. The molecule has 1 aliphatic carbocycles. The summed E-state index contributed by atoms with van der Waals surface area (Å²) >= 11 is 0. The molecule has 5 heteroatoms. The van der Waals surface area contributed by atoms with Crippen LogP contribution in [0.3, 0.4) is 0 Å². The molecule has 0 bridgehead atoms. The SMILES string of the molecule is COc1ccc(N(C(=O)c2ccc(OC(C)C)c(OC)c2)C(C)C2CC2)cc1. The van der Waals surface area contributed by atoms with Crippen LogP contribution >= 0.6 is 0 Å². The van der Waals surface area contributed by atoms with E-state index in [0.29, 0.717) is 23.0 Å². The fraction of sp³-hybridized carbons (Fsp3) is 0.435. The highest BCUT2D eigenvalue weighted by Crippen LogP contribution is 2.38. The van der Waals surface area contributed by atoms with E-state index in [-0.39, 0.29) is 18.1 Å². The zero-order valence-corrected chi connectivity index (χ0v) is 17.3. The number of carbonyl (C=O) groups excluding carboxylic acids is 1. The number of hydrogen-bond donors (Lipinski definition) is 0. The molecule has 0 spiro atoms. The van der Waals surface area contributed by atoms with Gasteiger partial charge in [-0.1, -0.05) is 0 Å². The van der Waals surface area contributed by atoms with Gasteiger partial charge < -0.3 is 19.1 Å². The fourth-order valence-electron chi connectivity index (χ4n) is 3.36. The molecule has 1 atom stereocenters. The summed E-state index contributed by atoms with van der Waals surface area (Å²) in [4.78, 5) is 15.4. The van der Waals surface area contributed by atoms with E-state index >= 15 is 0 Å². The van der Waals surface area contributed by atoms with Crippen molar-refractivity contribution < 1.29 is 19.0 Å². The number of amides is 1. The molecular weight excluding hydrogens is 354 g/mol. The molecule has 28 heavy (non-hydrogen) atoms. The largest absolute Gasteiger partial charge is 0.497 e. The van der Waals surface area contributed by atoms with Gasteiger partial charge in [-0.05, 0) is 82.0 Å². The summed E-state index contributed by atoms with van der Waals surface area (Å²) in [6.07, 6.45) is 2.35. The van der Waals surface area contributed by atoms with Crippen LogP contribution in [-0.4, -0.2) is 32.3 Å². The Bertz CT molecular complexity index is 812. The Kier molecular flexibility index (Phi) is 6.12. The predicted octanol–water partition coefficient (Wildman–Crippen LogP) is 4.94. The molecule has 1 aliphatic rings. The van der Waals surface area contributed by atoms with Crippen LogP contribution in [0.15, 0.2) is 42.5 Å². The van der Waals surface area contributed by atoms with Gasteiger partial charge in [0.1, 0.15) is 5.75 Å². The van der Waals surface area contributed by atoms with Crippen LogP contribution in [0.4, 0.5) is 5.69 Å². The van der Waals surface area contributed by atoms with Gasteiger partial charge in [-0.2, -0.15) is 0 Å². The highest BCUT2D eigenvalue weighted by Gasteiger charge is 2.35. The van der Waals surface area contributed by atoms with Gasteiger partial charge in [0.2, 0.25) is 0 Å². The van der Waals surface area contributed by atoms with Crippen molar-refractivity contribution in [3.05, 3.63) is 48.0 Å². The molecule has 1 saturated carbocycles. The Morgan fingerprint density at radius 1 is 0.964 bits per heavy atom. The van der Waals surface area contributed by atoms with Crippen LogP contribution in [0.2, 0.25) is 0 Å². The normalized spacial score (nSPS) is 14.5. The lowest BCUT2D eigenvalue weighted by Crippen LogP contribution is -2.40. The average molecular weight is 383 g/mol. The minimum absolute atomic E-state index is 0.0288. The molecule has 2 aromatic rings. The lowest BCUT2D eigenvalue weighted by Gasteiger charge is -2.30. The van der Waals surface area contributed by atoms with E-state index in [2.05, 4.69) is 6.92 Å². The topological polar surface area (TPSA) is 48.0 Å². The monoisotopic (exact) mass is 383 g/mol. The minimum atomic E-state index is -0.0426. The second kappa shape index (κ2) is 8.55. The minimum Gasteiger partial charge on any atom is -0.497 e. The number of ether oxygens (including phenoxy) is 3. The van der Waals surface area contributed by atoms with Gasteiger partial charge in [0, 0.05) is 17.3 Å². The standard InChI is InChI=1S/C23H29NO4/c1-15(2)28-21-13-8-18(14-22(21)27-5)23(25)24(16(3)17-6-7-17)19-9-11-20(26-4)12-10-19/h8-17H,6-7H2,1-5H3. The Morgan fingerprint density at radius 3 is 2.18 bits per heavy atom. The lowest BCUT2D eigenvalue weighted by molar-refractivity contribution is 0.0975. The zero-order valence-electron chi connectivity index (χ0n) is 17.3. The Balaban J connectivity index is 1.94. The van der Waals surface area contributed by atoms with Gasteiger partial charge in [0.25, 0.3) is 5.91 Å². The summed E-state index contributed by atoms with van der Waals surface area (Å²) in [7, 11) is 3.22. The van der Waals surface area contributed by atoms with Crippen molar-refractivity contribution in [2.45, 2.75) is 45.8 Å². The van der Waals surface area contributed by atoms with Crippen molar-refractivity contribution in [3.8, 4) is 17.2 Å². The van der Waals surface area contributed by atoms with E-state index in [4.69, 9.17) is 14.2 Å². The number of anilines is 1. The maximum Gasteiger partial charge on any atom is 0.258 e. The third kappa shape index (κ3) is 4.41. The Labute approximate surface area is 167 Å². The molecule has 1 fully saturated rings. The quantitative estimate of drug-likeness (QED) is 0.648. The third-order valence-corrected chi connectivity index (χ3v) is 5.05. The lowest BCUT2D eigenvalue weighted by atomic mass is 10.1. The second-order valence-corrected chi connectivity index (χ2v) is 7.48. The summed E-state index contributed by atoms with van der Waals surface area (Å²) in [5.74, 6) is 2.47. The first-order valence-electron chi connectivity index (χ1n) is 9.77. The smallest absolute Gasteiger partial charge is 0.258 e. The van der Waals surface area contributed by atoms with E-state index in [1.807, 2.05) is 43.0 Å². The summed E-state index contributed by atoms with van der Waals surface area (Å²) in [6, 6.07) is 13.1. The van der Waals surface area contributed by atoms with Gasteiger partial charge in [-0.25, -0.2) is 0 Å². The number of methoxy groups -OCH3 is 2. The number of rotatable bonds is 8. The molecule has 5 nitrogen and oxygen atoms in total. The molecular formula is C23H29NO4.